The summed E-state index contributed by atoms with van der Waals surface area (Å²) in [6.45, 7) is 3.47. The summed E-state index contributed by atoms with van der Waals surface area (Å²) in [6, 6.07) is 2.72. The number of anilines is 1. The van der Waals surface area contributed by atoms with Crippen LogP contribution in [0.2, 0.25) is 0 Å². The Bertz CT molecular complexity index is 298. The lowest BCUT2D eigenvalue weighted by Gasteiger charge is -1.95. The van der Waals surface area contributed by atoms with Crippen molar-refractivity contribution in [2.24, 2.45) is 0 Å². The largest absolute Gasteiger partial charge is 0.378 e. The lowest BCUT2D eigenvalue weighted by Crippen LogP contribution is -1.98. The monoisotopic (exact) mass is 152 g/mol. The van der Waals surface area contributed by atoms with Crippen LogP contribution < -0.4 is 5.73 Å². The fourth-order valence-electron chi connectivity index (χ4n) is 0.664. The van der Waals surface area contributed by atoms with E-state index in [9.17, 15) is 10.1 Å². The molecule has 11 heavy (non-hydrogen) atoms. The van der Waals surface area contributed by atoms with Crippen LogP contribution in [-0.2, 0) is 0 Å². The SMILES string of the molecule is [CH2]c1ccc([N+](=O)[O-])c(N)n1. The molecule has 0 aromatic carbocycles. The molecule has 5 nitrogen and oxygen atoms in total. The minimum atomic E-state index is -0.582. The summed E-state index contributed by atoms with van der Waals surface area (Å²) in [5.74, 6) is -0.0949. The van der Waals surface area contributed by atoms with Gasteiger partial charge in [-0.05, 0) is 13.0 Å². The number of nitrogens with zero attached hydrogens (tertiary/aromatic N) is 2. The van der Waals surface area contributed by atoms with Gasteiger partial charge in [0.2, 0.25) is 5.82 Å². The second kappa shape index (κ2) is 2.53. The Kier molecular flexibility index (Phi) is 1.72. The molecule has 0 aliphatic heterocycles. The molecule has 0 amide bonds. The third kappa shape index (κ3) is 1.43. The smallest absolute Gasteiger partial charge is 0.311 e. The highest BCUT2D eigenvalue weighted by Gasteiger charge is 2.10. The summed E-state index contributed by atoms with van der Waals surface area (Å²) >= 11 is 0. The van der Waals surface area contributed by atoms with E-state index in [-0.39, 0.29) is 11.5 Å². The van der Waals surface area contributed by atoms with Crippen LogP contribution in [0, 0.1) is 17.0 Å². The van der Waals surface area contributed by atoms with Crippen LogP contribution in [0.4, 0.5) is 11.5 Å². The first-order valence-corrected chi connectivity index (χ1v) is 2.84. The van der Waals surface area contributed by atoms with Crippen molar-refractivity contribution in [2.75, 3.05) is 5.73 Å². The van der Waals surface area contributed by atoms with Gasteiger partial charge >= 0.3 is 5.69 Å². The van der Waals surface area contributed by atoms with E-state index in [0.717, 1.165) is 0 Å². The first kappa shape index (κ1) is 7.46. The van der Waals surface area contributed by atoms with Crippen molar-refractivity contribution >= 4 is 11.5 Å². The predicted octanol–water partition coefficient (Wildman–Crippen LogP) is 0.754. The van der Waals surface area contributed by atoms with E-state index in [4.69, 9.17) is 5.73 Å². The zero-order valence-electron chi connectivity index (χ0n) is 5.65. The molecule has 0 aliphatic carbocycles. The molecule has 1 radical (unpaired) electrons. The molecule has 0 aliphatic rings. The van der Waals surface area contributed by atoms with Crippen LogP contribution in [0.3, 0.4) is 0 Å². The van der Waals surface area contributed by atoms with Crippen molar-refractivity contribution in [1.29, 1.82) is 0 Å². The molecule has 1 aromatic rings. The van der Waals surface area contributed by atoms with Crippen molar-refractivity contribution in [3.05, 3.63) is 34.9 Å². The average Bonchev–Trinajstić information content (AvgIpc) is 1.85. The quantitative estimate of drug-likeness (QED) is 0.475. The summed E-state index contributed by atoms with van der Waals surface area (Å²) < 4.78 is 0. The summed E-state index contributed by atoms with van der Waals surface area (Å²) in [7, 11) is 0. The van der Waals surface area contributed by atoms with Crippen molar-refractivity contribution in [1.82, 2.24) is 4.98 Å². The van der Waals surface area contributed by atoms with Gasteiger partial charge in [-0.3, -0.25) is 10.1 Å². The highest BCUT2D eigenvalue weighted by Crippen LogP contribution is 2.17. The molecular formula is C6H6N3O2. The van der Waals surface area contributed by atoms with Gasteiger partial charge in [-0.25, -0.2) is 4.98 Å². The number of rotatable bonds is 1. The van der Waals surface area contributed by atoms with Gasteiger partial charge in [-0.2, -0.15) is 0 Å². The fraction of sp³-hybridized carbons (Fsp3) is 0. The van der Waals surface area contributed by atoms with E-state index in [1.165, 1.54) is 12.1 Å². The van der Waals surface area contributed by atoms with Gasteiger partial charge in [0, 0.05) is 11.8 Å². The molecule has 0 saturated carbocycles. The normalized spacial score (nSPS) is 9.55. The molecule has 0 spiro atoms. The Hall–Kier alpha value is -1.65. The molecule has 0 unspecified atom stereocenters. The number of hydrogen-bond acceptors (Lipinski definition) is 4. The molecule has 0 atom stereocenters. The van der Waals surface area contributed by atoms with Crippen LogP contribution in [0.1, 0.15) is 5.69 Å². The Morgan fingerprint density at radius 1 is 1.64 bits per heavy atom. The average molecular weight is 152 g/mol. The Labute approximate surface area is 63.0 Å². The maximum Gasteiger partial charge on any atom is 0.311 e. The molecule has 0 fully saturated rings. The summed E-state index contributed by atoms with van der Waals surface area (Å²) in [4.78, 5) is 13.2. The highest BCUT2D eigenvalue weighted by molar-refractivity contribution is 5.52. The fourth-order valence-corrected chi connectivity index (χ4v) is 0.664. The van der Waals surface area contributed by atoms with Crippen LogP contribution in [0.5, 0.6) is 0 Å². The minimum Gasteiger partial charge on any atom is -0.378 e. The lowest BCUT2D eigenvalue weighted by atomic mass is 10.3. The number of hydrogen-bond donors (Lipinski definition) is 1. The minimum absolute atomic E-state index is 0.0949. The molecule has 1 heterocycles. The molecule has 5 heteroatoms. The van der Waals surface area contributed by atoms with Gasteiger partial charge in [0.05, 0.1) is 4.92 Å². The van der Waals surface area contributed by atoms with Gasteiger partial charge in [0.25, 0.3) is 0 Å². The van der Waals surface area contributed by atoms with Gasteiger partial charge in [0.1, 0.15) is 0 Å². The number of nitro groups is 1. The number of pyridine rings is 1. The second-order valence-corrected chi connectivity index (χ2v) is 1.96. The van der Waals surface area contributed by atoms with Gasteiger partial charge in [-0.1, -0.05) is 0 Å². The van der Waals surface area contributed by atoms with Gasteiger partial charge in [-0.15, -0.1) is 0 Å². The van der Waals surface area contributed by atoms with Crippen LogP contribution in [0.25, 0.3) is 0 Å². The molecule has 57 valence electrons. The maximum absolute atomic E-state index is 10.2. The standard InChI is InChI=1S/C6H6N3O2/c1-4-2-3-5(9(10)11)6(7)8-4/h2-3H,1H2,(H2,7,8). The third-order valence-electron chi connectivity index (χ3n) is 1.16. The first-order valence-electron chi connectivity index (χ1n) is 2.84. The molecular weight excluding hydrogens is 146 g/mol. The molecule has 1 rings (SSSR count). The molecule has 2 N–H and O–H groups in total. The van der Waals surface area contributed by atoms with E-state index >= 15 is 0 Å². The van der Waals surface area contributed by atoms with E-state index in [1.54, 1.807) is 0 Å². The van der Waals surface area contributed by atoms with E-state index < -0.39 is 4.92 Å². The van der Waals surface area contributed by atoms with E-state index in [1.807, 2.05) is 0 Å². The zero-order valence-corrected chi connectivity index (χ0v) is 5.65. The van der Waals surface area contributed by atoms with Crippen molar-refractivity contribution in [3.63, 3.8) is 0 Å². The summed E-state index contributed by atoms with van der Waals surface area (Å²) in [5, 5.41) is 10.2. The van der Waals surface area contributed by atoms with Crippen molar-refractivity contribution in [3.8, 4) is 0 Å². The summed E-state index contributed by atoms with van der Waals surface area (Å²) in [6.07, 6.45) is 0. The Balaban J connectivity index is 3.20. The van der Waals surface area contributed by atoms with Crippen LogP contribution in [0.15, 0.2) is 12.1 Å². The molecule has 0 saturated heterocycles. The molecule has 1 aromatic heterocycles. The van der Waals surface area contributed by atoms with E-state index in [0.29, 0.717) is 5.69 Å². The van der Waals surface area contributed by atoms with E-state index in [2.05, 4.69) is 11.9 Å². The number of aromatic nitrogens is 1. The van der Waals surface area contributed by atoms with Crippen molar-refractivity contribution < 1.29 is 4.92 Å². The van der Waals surface area contributed by atoms with Gasteiger partial charge in [0.15, 0.2) is 0 Å². The van der Waals surface area contributed by atoms with Crippen molar-refractivity contribution in [2.45, 2.75) is 0 Å². The highest BCUT2D eigenvalue weighted by atomic mass is 16.6. The van der Waals surface area contributed by atoms with Gasteiger partial charge < -0.3 is 5.73 Å². The number of nitrogens with two attached hydrogens (primary N) is 1. The Morgan fingerprint density at radius 3 is 2.73 bits per heavy atom. The first-order chi connectivity index (χ1) is 5.11. The third-order valence-corrected chi connectivity index (χ3v) is 1.16. The lowest BCUT2D eigenvalue weighted by molar-refractivity contribution is -0.384. The van der Waals surface area contributed by atoms with Crippen LogP contribution >= 0.6 is 0 Å². The maximum atomic E-state index is 10.2. The molecule has 0 bridgehead atoms. The summed E-state index contributed by atoms with van der Waals surface area (Å²) in [5.41, 5.74) is 5.47. The Morgan fingerprint density at radius 2 is 2.27 bits per heavy atom. The second-order valence-electron chi connectivity index (χ2n) is 1.96. The predicted molar refractivity (Wildman–Crippen MR) is 39.8 cm³/mol. The number of nitrogen functional groups attached to an aromatic ring is 1. The zero-order chi connectivity index (χ0) is 8.43. The van der Waals surface area contributed by atoms with Crippen LogP contribution in [-0.4, -0.2) is 9.91 Å². The topological polar surface area (TPSA) is 82.0 Å².